The van der Waals surface area contributed by atoms with Crippen molar-refractivity contribution in [3.8, 4) is 0 Å². The van der Waals surface area contributed by atoms with Gasteiger partial charge < -0.3 is 10.4 Å². The van der Waals surface area contributed by atoms with Crippen molar-refractivity contribution in [1.29, 1.82) is 0 Å². The highest BCUT2D eigenvalue weighted by Crippen LogP contribution is 2.22. The van der Waals surface area contributed by atoms with Crippen LogP contribution in [0.3, 0.4) is 0 Å². The second-order valence-corrected chi connectivity index (χ2v) is 6.41. The lowest BCUT2D eigenvalue weighted by atomic mass is 10.0. The Morgan fingerprint density at radius 2 is 1.90 bits per heavy atom. The summed E-state index contributed by atoms with van der Waals surface area (Å²) in [5.74, 6) is -1.46. The fourth-order valence-electron chi connectivity index (χ4n) is 1.79. The van der Waals surface area contributed by atoms with Gasteiger partial charge in [0.1, 0.15) is 0 Å². The molecule has 1 aromatic heterocycles. The van der Waals surface area contributed by atoms with E-state index in [0.29, 0.717) is 21.3 Å². The summed E-state index contributed by atoms with van der Waals surface area (Å²) in [4.78, 5) is 23.3. The van der Waals surface area contributed by atoms with E-state index < -0.39 is 11.9 Å². The number of hydrogen-bond acceptors (Lipinski definition) is 3. The molecule has 1 amide bonds. The van der Waals surface area contributed by atoms with Crippen LogP contribution in [-0.4, -0.2) is 17.0 Å². The van der Waals surface area contributed by atoms with Gasteiger partial charge in [0.2, 0.25) is 0 Å². The number of benzene rings is 1. The first-order valence-corrected chi connectivity index (χ1v) is 7.53. The van der Waals surface area contributed by atoms with Gasteiger partial charge in [0.25, 0.3) is 5.91 Å². The molecule has 0 aliphatic carbocycles. The van der Waals surface area contributed by atoms with Crippen molar-refractivity contribution in [3.63, 3.8) is 0 Å². The van der Waals surface area contributed by atoms with Crippen molar-refractivity contribution in [2.45, 2.75) is 13.3 Å². The zero-order valence-electron chi connectivity index (χ0n) is 11.3. The molecule has 0 spiro atoms. The molecule has 1 heterocycles. The zero-order valence-corrected chi connectivity index (χ0v) is 12.9. The Bertz CT molecular complexity index is 651. The molecule has 2 rings (SSSR count). The Kier molecular flexibility index (Phi) is 4.98. The number of amides is 1. The number of carbonyl (C=O) groups is 2. The minimum absolute atomic E-state index is 0.210. The van der Waals surface area contributed by atoms with Crippen LogP contribution in [0.5, 0.6) is 0 Å². The Labute approximate surface area is 131 Å². The molecule has 1 unspecified atom stereocenters. The largest absolute Gasteiger partial charge is 0.481 e. The molecule has 0 aliphatic rings. The summed E-state index contributed by atoms with van der Waals surface area (Å²) < 4.78 is 0.568. The fourth-order valence-corrected chi connectivity index (χ4v) is 2.73. The lowest BCUT2D eigenvalue weighted by Gasteiger charge is -2.08. The molecule has 0 fully saturated rings. The number of rotatable bonds is 5. The summed E-state index contributed by atoms with van der Waals surface area (Å²) in [6, 6.07) is 10.5. The van der Waals surface area contributed by atoms with Crippen LogP contribution in [0.25, 0.3) is 0 Å². The smallest absolute Gasteiger partial charge is 0.306 e. The Hall–Kier alpha value is -1.85. The van der Waals surface area contributed by atoms with Gasteiger partial charge in [-0.05, 0) is 36.2 Å². The Balaban J connectivity index is 1.99. The SMILES string of the molecule is CC(Cc1ccc(NC(=O)c2ccc(Cl)s2)cc1)C(=O)O. The number of carbonyl (C=O) groups excluding carboxylic acids is 1. The topological polar surface area (TPSA) is 66.4 Å². The molecule has 1 atom stereocenters. The second kappa shape index (κ2) is 6.74. The molecule has 1 aromatic carbocycles. The number of nitrogens with one attached hydrogen (secondary N) is 1. The molecule has 2 N–H and O–H groups in total. The van der Waals surface area contributed by atoms with Gasteiger partial charge in [-0.3, -0.25) is 9.59 Å². The molecular weight excluding hydrogens is 310 g/mol. The number of hydrogen-bond donors (Lipinski definition) is 2. The zero-order chi connectivity index (χ0) is 15.4. The summed E-state index contributed by atoms with van der Waals surface area (Å²) in [5.41, 5.74) is 1.58. The van der Waals surface area contributed by atoms with Crippen LogP contribution in [0.4, 0.5) is 5.69 Å². The minimum Gasteiger partial charge on any atom is -0.481 e. The van der Waals surface area contributed by atoms with E-state index in [-0.39, 0.29) is 5.91 Å². The number of aliphatic carboxylic acids is 1. The van der Waals surface area contributed by atoms with Gasteiger partial charge in [0.05, 0.1) is 15.1 Å². The maximum Gasteiger partial charge on any atom is 0.306 e. The van der Waals surface area contributed by atoms with Crippen molar-refractivity contribution in [3.05, 3.63) is 51.2 Å². The third-order valence-electron chi connectivity index (χ3n) is 2.97. The van der Waals surface area contributed by atoms with Gasteiger partial charge in [-0.25, -0.2) is 0 Å². The van der Waals surface area contributed by atoms with Crippen LogP contribution in [0.2, 0.25) is 4.34 Å². The molecule has 0 aliphatic heterocycles. The predicted molar refractivity (Wildman–Crippen MR) is 84.2 cm³/mol. The first-order chi connectivity index (χ1) is 9.95. The highest BCUT2D eigenvalue weighted by molar-refractivity contribution is 7.18. The van der Waals surface area contributed by atoms with E-state index in [2.05, 4.69) is 5.32 Å². The van der Waals surface area contributed by atoms with E-state index in [0.717, 1.165) is 5.56 Å². The van der Waals surface area contributed by atoms with E-state index in [9.17, 15) is 9.59 Å². The van der Waals surface area contributed by atoms with Crippen LogP contribution in [0, 0.1) is 5.92 Å². The third kappa shape index (κ3) is 4.31. The number of halogens is 1. The van der Waals surface area contributed by atoms with Gasteiger partial charge in [-0.1, -0.05) is 30.7 Å². The molecule has 0 saturated carbocycles. The minimum atomic E-state index is -0.818. The van der Waals surface area contributed by atoms with Crippen molar-refractivity contribution in [2.75, 3.05) is 5.32 Å². The molecule has 21 heavy (non-hydrogen) atoms. The fraction of sp³-hybridized carbons (Fsp3) is 0.200. The summed E-state index contributed by atoms with van der Waals surface area (Å²) in [6.45, 7) is 1.67. The van der Waals surface area contributed by atoms with Crippen molar-refractivity contribution in [2.24, 2.45) is 5.92 Å². The van der Waals surface area contributed by atoms with Crippen LogP contribution in [0.15, 0.2) is 36.4 Å². The highest BCUT2D eigenvalue weighted by Gasteiger charge is 2.12. The van der Waals surface area contributed by atoms with E-state index >= 15 is 0 Å². The first-order valence-electron chi connectivity index (χ1n) is 6.34. The van der Waals surface area contributed by atoms with Crippen LogP contribution in [-0.2, 0) is 11.2 Å². The van der Waals surface area contributed by atoms with Gasteiger partial charge in [-0.15, -0.1) is 11.3 Å². The molecule has 0 saturated heterocycles. The standard InChI is InChI=1S/C15H14ClNO3S/c1-9(15(19)20)8-10-2-4-11(5-3-10)17-14(18)12-6-7-13(16)21-12/h2-7,9H,8H2,1H3,(H,17,18)(H,19,20). The van der Waals surface area contributed by atoms with Crippen LogP contribution < -0.4 is 5.32 Å². The van der Waals surface area contributed by atoms with E-state index in [1.165, 1.54) is 11.3 Å². The lowest BCUT2D eigenvalue weighted by Crippen LogP contribution is -2.12. The number of anilines is 1. The van der Waals surface area contributed by atoms with Crippen molar-refractivity contribution < 1.29 is 14.7 Å². The molecule has 0 bridgehead atoms. The number of thiophene rings is 1. The molecule has 0 radical (unpaired) electrons. The average Bonchev–Trinajstić information content (AvgIpc) is 2.87. The molecular formula is C15H14ClNO3S. The second-order valence-electron chi connectivity index (χ2n) is 4.70. The van der Waals surface area contributed by atoms with Crippen molar-refractivity contribution >= 4 is 40.5 Å². The molecule has 110 valence electrons. The van der Waals surface area contributed by atoms with Gasteiger partial charge in [-0.2, -0.15) is 0 Å². The molecule has 6 heteroatoms. The van der Waals surface area contributed by atoms with Crippen molar-refractivity contribution in [1.82, 2.24) is 0 Å². The van der Waals surface area contributed by atoms with Crippen LogP contribution in [0.1, 0.15) is 22.2 Å². The van der Waals surface area contributed by atoms with E-state index in [1.54, 1.807) is 31.2 Å². The average molecular weight is 324 g/mol. The summed E-state index contributed by atoms with van der Waals surface area (Å²) in [7, 11) is 0. The molecule has 4 nitrogen and oxygen atoms in total. The summed E-state index contributed by atoms with van der Waals surface area (Å²) >= 11 is 7.01. The van der Waals surface area contributed by atoms with Gasteiger partial charge >= 0.3 is 5.97 Å². The lowest BCUT2D eigenvalue weighted by molar-refractivity contribution is -0.141. The number of carboxylic acid groups (broad SMARTS) is 1. The van der Waals surface area contributed by atoms with Gasteiger partial charge in [0.15, 0.2) is 0 Å². The summed E-state index contributed by atoms with van der Waals surface area (Å²) in [5, 5.41) is 11.6. The summed E-state index contributed by atoms with van der Waals surface area (Å²) in [6.07, 6.45) is 0.462. The predicted octanol–water partition coefficient (Wildman–Crippen LogP) is 3.92. The number of carboxylic acids is 1. The quantitative estimate of drug-likeness (QED) is 0.876. The van der Waals surface area contributed by atoms with Gasteiger partial charge in [0, 0.05) is 5.69 Å². The Morgan fingerprint density at radius 1 is 1.24 bits per heavy atom. The normalized spacial score (nSPS) is 11.9. The van der Waals surface area contributed by atoms with E-state index in [1.807, 2.05) is 12.1 Å². The molecule has 2 aromatic rings. The van der Waals surface area contributed by atoms with Crippen LogP contribution >= 0.6 is 22.9 Å². The third-order valence-corrected chi connectivity index (χ3v) is 4.20. The maximum absolute atomic E-state index is 11.9. The highest BCUT2D eigenvalue weighted by atomic mass is 35.5. The first kappa shape index (κ1) is 15.5. The Morgan fingerprint density at radius 3 is 2.43 bits per heavy atom. The van der Waals surface area contributed by atoms with E-state index in [4.69, 9.17) is 16.7 Å². The maximum atomic E-state index is 11.9. The monoisotopic (exact) mass is 323 g/mol.